The van der Waals surface area contributed by atoms with Crippen LogP contribution in [0.25, 0.3) is 0 Å². The summed E-state index contributed by atoms with van der Waals surface area (Å²) in [6.45, 7) is 8.95. The summed E-state index contributed by atoms with van der Waals surface area (Å²) < 4.78 is 4.99. The van der Waals surface area contributed by atoms with Gasteiger partial charge in [-0.1, -0.05) is 27.2 Å². The lowest BCUT2D eigenvalue weighted by Crippen LogP contribution is -2.60. The fourth-order valence-electron chi connectivity index (χ4n) is 4.51. The first-order valence-electron chi connectivity index (χ1n) is 9.02. The second kappa shape index (κ2) is 7.20. The highest BCUT2D eigenvalue weighted by Crippen LogP contribution is 2.45. The largest absolute Gasteiger partial charge is 0.466 e. The molecule has 0 radical (unpaired) electrons. The summed E-state index contributed by atoms with van der Waals surface area (Å²) in [5, 5.41) is 3.63. The molecule has 5 nitrogen and oxygen atoms in total. The Morgan fingerprint density at radius 2 is 2.13 bits per heavy atom. The molecule has 2 rings (SSSR count). The minimum Gasteiger partial charge on any atom is -0.466 e. The summed E-state index contributed by atoms with van der Waals surface area (Å²) in [4.78, 5) is 26.3. The van der Waals surface area contributed by atoms with Gasteiger partial charge < -0.3 is 9.64 Å². The lowest BCUT2D eigenvalue weighted by Gasteiger charge is -2.49. The van der Waals surface area contributed by atoms with Crippen molar-refractivity contribution in [2.75, 3.05) is 13.7 Å². The smallest absolute Gasteiger partial charge is 0.305 e. The molecule has 2 aliphatic rings. The molecule has 2 fully saturated rings. The number of carbonyl (C=O) groups excluding carboxylic acids is 2. The minimum atomic E-state index is -0.268. The molecule has 1 saturated carbocycles. The van der Waals surface area contributed by atoms with Gasteiger partial charge in [-0.05, 0) is 43.9 Å². The van der Waals surface area contributed by atoms with Crippen molar-refractivity contribution in [2.45, 2.75) is 71.5 Å². The van der Waals surface area contributed by atoms with Gasteiger partial charge in [0.1, 0.15) is 0 Å². The average molecular weight is 324 g/mol. The zero-order valence-electron chi connectivity index (χ0n) is 15.2. The Hall–Kier alpha value is -1.10. The van der Waals surface area contributed by atoms with E-state index in [-0.39, 0.29) is 23.6 Å². The second-order valence-electron chi connectivity index (χ2n) is 7.60. The number of hydrogen-bond donors (Lipinski definition) is 1. The first-order valence-corrected chi connectivity index (χ1v) is 9.02. The van der Waals surface area contributed by atoms with Crippen molar-refractivity contribution < 1.29 is 14.3 Å². The van der Waals surface area contributed by atoms with Crippen molar-refractivity contribution >= 4 is 11.9 Å². The lowest BCUT2D eigenvalue weighted by molar-refractivity contribution is -0.143. The summed E-state index contributed by atoms with van der Waals surface area (Å²) in [6, 6.07) is -0.268. The third kappa shape index (κ3) is 3.54. The molecule has 1 aliphatic heterocycles. The van der Waals surface area contributed by atoms with Gasteiger partial charge in [0.15, 0.2) is 0 Å². The van der Waals surface area contributed by atoms with Crippen LogP contribution in [0.5, 0.6) is 0 Å². The monoisotopic (exact) mass is 324 g/mol. The van der Waals surface area contributed by atoms with Gasteiger partial charge in [-0.3, -0.25) is 14.9 Å². The number of hydrogen-bond acceptors (Lipinski definition) is 4. The molecular weight excluding hydrogens is 292 g/mol. The van der Waals surface area contributed by atoms with Gasteiger partial charge >= 0.3 is 5.97 Å². The number of rotatable bonds is 5. The van der Waals surface area contributed by atoms with Crippen LogP contribution >= 0.6 is 0 Å². The highest BCUT2D eigenvalue weighted by molar-refractivity contribution is 5.85. The van der Waals surface area contributed by atoms with Gasteiger partial charge in [0.25, 0.3) is 0 Å². The van der Waals surface area contributed by atoms with Crippen molar-refractivity contribution in [2.24, 2.45) is 17.8 Å². The Bertz CT molecular complexity index is 452. The Kier molecular flexibility index (Phi) is 5.71. The van der Waals surface area contributed by atoms with E-state index in [2.05, 4.69) is 26.1 Å². The molecule has 0 aromatic heterocycles. The zero-order valence-corrected chi connectivity index (χ0v) is 15.2. The Morgan fingerprint density at radius 1 is 1.43 bits per heavy atom. The van der Waals surface area contributed by atoms with Crippen LogP contribution in [0.3, 0.4) is 0 Å². The topological polar surface area (TPSA) is 58.6 Å². The molecule has 23 heavy (non-hydrogen) atoms. The van der Waals surface area contributed by atoms with E-state index in [1.54, 1.807) is 6.92 Å². The maximum absolute atomic E-state index is 12.7. The van der Waals surface area contributed by atoms with E-state index in [1.165, 1.54) is 6.42 Å². The Labute approximate surface area is 140 Å². The van der Waals surface area contributed by atoms with E-state index < -0.39 is 0 Å². The third-order valence-electron chi connectivity index (χ3n) is 5.64. The van der Waals surface area contributed by atoms with Crippen molar-refractivity contribution in [3.63, 3.8) is 0 Å². The molecular formula is C18H32N2O3. The molecule has 1 saturated heterocycles. The van der Waals surface area contributed by atoms with E-state index in [4.69, 9.17) is 4.74 Å². The van der Waals surface area contributed by atoms with Crippen LogP contribution in [0.15, 0.2) is 0 Å². The van der Waals surface area contributed by atoms with E-state index in [0.29, 0.717) is 37.2 Å². The minimum absolute atomic E-state index is 0.119. The Balaban J connectivity index is 2.13. The molecule has 1 spiro atoms. The summed E-state index contributed by atoms with van der Waals surface area (Å²) in [6.07, 6.45) is 4.18. The molecule has 3 unspecified atom stereocenters. The predicted molar refractivity (Wildman–Crippen MR) is 89.6 cm³/mol. The van der Waals surface area contributed by atoms with E-state index in [1.807, 2.05) is 11.9 Å². The zero-order chi connectivity index (χ0) is 17.2. The molecule has 1 N–H and O–H groups in total. The van der Waals surface area contributed by atoms with Crippen LogP contribution in [-0.4, -0.2) is 42.1 Å². The molecule has 1 aliphatic carbocycles. The Morgan fingerprint density at radius 3 is 2.74 bits per heavy atom. The van der Waals surface area contributed by atoms with Gasteiger partial charge in [0.2, 0.25) is 5.91 Å². The van der Waals surface area contributed by atoms with Crippen LogP contribution in [0, 0.1) is 17.8 Å². The molecule has 1 heterocycles. The van der Waals surface area contributed by atoms with Crippen LogP contribution in [0.4, 0.5) is 0 Å². The first-order chi connectivity index (χ1) is 10.8. The summed E-state index contributed by atoms with van der Waals surface area (Å²) >= 11 is 0. The normalized spacial score (nSPS) is 34.4. The molecule has 1 amide bonds. The van der Waals surface area contributed by atoms with Crippen LogP contribution in [0.1, 0.15) is 59.8 Å². The quantitative estimate of drug-likeness (QED) is 0.790. The SMILES string of the molecule is CCOC(=O)CC[C@@H]1NC2(CC(C)CCC2C(C)C)N(C)C1=O. The number of ether oxygens (including phenoxy) is 1. The third-order valence-corrected chi connectivity index (χ3v) is 5.64. The first kappa shape index (κ1) is 18.2. The van der Waals surface area contributed by atoms with Gasteiger partial charge in [-0.2, -0.15) is 0 Å². The number of carbonyl (C=O) groups is 2. The summed E-state index contributed by atoms with van der Waals surface area (Å²) in [5.41, 5.74) is -0.248. The summed E-state index contributed by atoms with van der Waals surface area (Å²) in [7, 11) is 1.92. The van der Waals surface area contributed by atoms with Crippen molar-refractivity contribution in [1.82, 2.24) is 10.2 Å². The van der Waals surface area contributed by atoms with E-state index in [0.717, 1.165) is 12.8 Å². The molecule has 0 aromatic rings. The van der Waals surface area contributed by atoms with Gasteiger partial charge in [0, 0.05) is 13.5 Å². The molecule has 0 bridgehead atoms. The molecule has 132 valence electrons. The highest BCUT2D eigenvalue weighted by atomic mass is 16.5. The highest BCUT2D eigenvalue weighted by Gasteiger charge is 2.55. The van der Waals surface area contributed by atoms with Crippen LogP contribution < -0.4 is 5.32 Å². The van der Waals surface area contributed by atoms with Crippen LogP contribution in [0.2, 0.25) is 0 Å². The number of amides is 1. The predicted octanol–water partition coefficient (Wildman–Crippen LogP) is 2.55. The van der Waals surface area contributed by atoms with Gasteiger partial charge in [-0.15, -0.1) is 0 Å². The van der Waals surface area contributed by atoms with Crippen molar-refractivity contribution in [1.29, 1.82) is 0 Å². The molecule has 0 aromatic carbocycles. The average Bonchev–Trinajstić information content (AvgIpc) is 2.70. The lowest BCUT2D eigenvalue weighted by atomic mass is 9.69. The number of esters is 1. The fraction of sp³-hybridized carbons (Fsp3) is 0.889. The fourth-order valence-corrected chi connectivity index (χ4v) is 4.51. The van der Waals surface area contributed by atoms with Gasteiger partial charge in [-0.25, -0.2) is 0 Å². The van der Waals surface area contributed by atoms with Gasteiger partial charge in [0.05, 0.1) is 18.3 Å². The maximum Gasteiger partial charge on any atom is 0.305 e. The second-order valence-corrected chi connectivity index (χ2v) is 7.60. The maximum atomic E-state index is 12.7. The van der Waals surface area contributed by atoms with Crippen molar-refractivity contribution in [3.8, 4) is 0 Å². The molecule has 5 heteroatoms. The van der Waals surface area contributed by atoms with Crippen LogP contribution in [-0.2, 0) is 14.3 Å². The van der Waals surface area contributed by atoms with E-state index >= 15 is 0 Å². The summed E-state index contributed by atoms with van der Waals surface area (Å²) in [5.74, 6) is 1.49. The number of nitrogens with one attached hydrogen (secondary N) is 1. The standard InChI is InChI=1S/C18H32N2O3/c1-6-23-16(21)10-9-15-17(22)20(5)18(19-15)11-13(4)7-8-14(18)12(2)3/h12-15,19H,6-11H2,1-5H3/t13?,14?,15-,18?/m0/s1. The van der Waals surface area contributed by atoms with Crippen molar-refractivity contribution in [3.05, 3.63) is 0 Å². The molecule has 4 atom stereocenters. The van der Waals surface area contributed by atoms with E-state index in [9.17, 15) is 9.59 Å². The number of nitrogens with zero attached hydrogens (tertiary/aromatic N) is 1. The number of likely N-dealkylation sites (N-methyl/N-ethyl adjacent to an activating group) is 1.